The molecule has 3 N–H and O–H groups in total. The number of rotatable bonds is 4. The zero-order valence-corrected chi connectivity index (χ0v) is 15.3. The molecule has 138 valence electrons. The first-order valence-electron chi connectivity index (χ1n) is 8.63. The number of anilines is 2. The summed E-state index contributed by atoms with van der Waals surface area (Å²) in [4.78, 5) is 26.4. The van der Waals surface area contributed by atoms with Crippen LogP contribution in [0.5, 0.6) is 5.75 Å². The Balaban J connectivity index is 0.00000225. The van der Waals surface area contributed by atoms with Gasteiger partial charge < -0.3 is 20.7 Å². The Bertz CT molecular complexity index is 638. The summed E-state index contributed by atoms with van der Waals surface area (Å²) >= 11 is 0. The smallest absolute Gasteiger partial charge is 0.227 e. The lowest BCUT2D eigenvalue weighted by Gasteiger charge is -2.28. The van der Waals surface area contributed by atoms with Gasteiger partial charge in [-0.05, 0) is 50.3 Å². The largest absolute Gasteiger partial charge is 0.495 e. The minimum atomic E-state index is -0.0258. The van der Waals surface area contributed by atoms with Gasteiger partial charge in [-0.15, -0.1) is 12.4 Å². The Kier molecular flexibility index (Phi) is 6.67. The third kappa shape index (κ3) is 4.44. The predicted molar refractivity (Wildman–Crippen MR) is 100 cm³/mol. The van der Waals surface area contributed by atoms with E-state index in [2.05, 4.69) is 5.32 Å². The average Bonchev–Trinajstić information content (AvgIpc) is 3.02. The van der Waals surface area contributed by atoms with Crippen LogP contribution in [0.25, 0.3) is 0 Å². The van der Waals surface area contributed by atoms with Gasteiger partial charge in [-0.25, -0.2) is 0 Å². The number of benzene rings is 1. The van der Waals surface area contributed by atoms with E-state index in [4.69, 9.17) is 10.5 Å². The molecule has 0 bridgehead atoms. The normalized spacial score (nSPS) is 23.1. The van der Waals surface area contributed by atoms with Crippen molar-refractivity contribution in [3.05, 3.63) is 18.2 Å². The lowest BCUT2D eigenvalue weighted by Crippen LogP contribution is -2.35. The van der Waals surface area contributed by atoms with Gasteiger partial charge >= 0.3 is 0 Å². The molecule has 1 saturated carbocycles. The standard InChI is InChI=1S/C18H25N3O3.ClH/c1-24-16-8-7-14(20-18(23)12-5-6-13(19)10-12)11-15(16)21-9-3-2-4-17(21)22;/h7-8,11-13H,2-6,9-10,19H2,1H3,(H,20,23);1H. The summed E-state index contributed by atoms with van der Waals surface area (Å²) < 4.78 is 5.40. The Morgan fingerprint density at radius 2 is 2.12 bits per heavy atom. The highest BCUT2D eigenvalue weighted by atomic mass is 35.5. The number of amides is 2. The van der Waals surface area contributed by atoms with Crippen LogP contribution in [0.3, 0.4) is 0 Å². The highest BCUT2D eigenvalue weighted by Crippen LogP contribution is 2.34. The van der Waals surface area contributed by atoms with E-state index >= 15 is 0 Å². The molecule has 6 nitrogen and oxygen atoms in total. The molecule has 1 heterocycles. The molecule has 25 heavy (non-hydrogen) atoms. The summed E-state index contributed by atoms with van der Waals surface area (Å²) in [5.74, 6) is 0.724. The maximum absolute atomic E-state index is 12.4. The molecular weight excluding hydrogens is 342 g/mol. The van der Waals surface area contributed by atoms with Gasteiger partial charge in [0.1, 0.15) is 5.75 Å². The molecule has 3 rings (SSSR count). The van der Waals surface area contributed by atoms with Gasteiger partial charge in [0.05, 0.1) is 12.8 Å². The van der Waals surface area contributed by atoms with Gasteiger partial charge in [0.25, 0.3) is 0 Å². The number of carbonyl (C=O) groups excluding carboxylic acids is 2. The van der Waals surface area contributed by atoms with Crippen LogP contribution in [0, 0.1) is 5.92 Å². The van der Waals surface area contributed by atoms with Crippen LogP contribution in [0.15, 0.2) is 18.2 Å². The minimum absolute atomic E-state index is 0. The number of methoxy groups -OCH3 is 1. The highest BCUT2D eigenvalue weighted by molar-refractivity contribution is 5.98. The Labute approximate surface area is 154 Å². The number of nitrogens with one attached hydrogen (secondary N) is 1. The number of nitrogens with zero attached hydrogens (tertiary/aromatic N) is 1. The minimum Gasteiger partial charge on any atom is -0.495 e. The van der Waals surface area contributed by atoms with E-state index in [1.807, 2.05) is 12.1 Å². The lowest BCUT2D eigenvalue weighted by atomic mass is 10.1. The van der Waals surface area contributed by atoms with Crippen molar-refractivity contribution in [1.29, 1.82) is 0 Å². The molecule has 1 aromatic carbocycles. The van der Waals surface area contributed by atoms with Crippen LogP contribution in [0.2, 0.25) is 0 Å². The van der Waals surface area contributed by atoms with Crippen molar-refractivity contribution in [2.75, 3.05) is 23.9 Å². The molecule has 1 aliphatic heterocycles. The number of hydrogen-bond donors (Lipinski definition) is 2. The van der Waals surface area contributed by atoms with Crippen molar-refractivity contribution in [2.45, 2.75) is 44.6 Å². The van der Waals surface area contributed by atoms with Crippen LogP contribution in [-0.2, 0) is 9.59 Å². The average molecular weight is 368 g/mol. The van der Waals surface area contributed by atoms with Gasteiger partial charge in [0.2, 0.25) is 11.8 Å². The zero-order chi connectivity index (χ0) is 17.1. The van der Waals surface area contributed by atoms with E-state index in [1.54, 1.807) is 18.1 Å². The molecule has 1 saturated heterocycles. The Morgan fingerprint density at radius 3 is 2.76 bits per heavy atom. The molecule has 1 aliphatic carbocycles. The number of ether oxygens (including phenoxy) is 1. The van der Waals surface area contributed by atoms with Crippen molar-refractivity contribution in [3.63, 3.8) is 0 Å². The maximum atomic E-state index is 12.4. The second-order valence-electron chi connectivity index (χ2n) is 6.65. The first-order valence-corrected chi connectivity index (χ1v) is 8.63. The second kappa shape index (κ2) is 8.54. The van der Waals surface area contributed by atoms with Crippen molar-refractivity contribution in [3.8, 4) is 5.75 Å². The van der Waals surface area contributed by atoms with Gasteiger partial charge in [0, 0.05) is 30.6 Å². The third-order valence-corrected chi connectivity index (χ3v) is 4.90. The summed E-state index contributed by atoms with van der Waals surface area (Å²) in [6.45, 7) is 0.685. The number of hydrogen-bond acceptors (Lipinski definition) is 4. The van der Waals surface area contributed by atoms with E-state index in [0.717, 1.165) is 37.8 Å². The summed E-state index contributed by atoms with van der Waals surface area (Å²) in [6, 6.07) is 5.56. The van der Waals surface area contributed by atoms with Gasteiger partial charge in [0.15, 0.2) is 0 Å². The van der Waals surface area contributed by atoms with E-state index in [1.165, 1.54) is 0 Å². The van der Waals surface area contributed by atoms with E-state index in [0.29, 0.717) is 24.4 Å². The summed E-state index contributed by atoms with van der Waals surface area (Å²) in [5, 5.41) is 2.96. The maximum Gasteiger partial charge on any atom is 0.227 e. The van der Waals surface area contributed by atoms with Crippen molar-refractivity contribution >= 4 is 35.6 Å². The highest BCUT2D eigenvalue weighted by Gasteiger charge is 2.28. The van der Waals surface area contributed by atoms with E-state index in [9.17, 15) is 9.59 Å². The lowest BCUT2D eigenvalue weighted by molar-refractivity contribution is -0.120. The fourth-order valence-electron chi connectivity index (χ4n) is 3.54. The number of carbonyl (C=O) groups is 2. The first-order chi connectivity index (χ1) is 11.6. The van der Waals surface area contributed by atoms with Gasteiger partial charge in [-0.2, -0.15) is 0 Å². The molecular formula is C18H26ClN3O3. The first kappa shape index (κ1) is 19.5. The quantitative estimate of drug-likeness (QED) is 0.856. The molecule has 0 spiro atoms. The van der Waals surface area contributed by atoms with Crippen LogP contribution in [-0.4, -0.2) is 31.5 Å². The summed E-state index contributed by atoms with van der Waals surface area (Å²) in [6.07, 6.45) is 4.93. The Morgan fingerprint density at radius 1 is 1.32 bits per heavy atom. The van der Waals surface area contributed by atoms with Gasteiger partial charge in [-0.3, -0.25) is 9.59 Å². The topological polar surface area (TPSA) is 84.7 Å². The molecule has 2 unspecified atom stereocenters. The predicted octanol–water partition coefficient (Wildman–Crippen LogP) is 2.70. The number of halogens is 1. The molecule has 1 aromatic rings. The Hall–Kier alpha value is -1.79. The molecule has 2 atom stereocenters. The molecule has 0 radical (unpaired) electrons. The zero-order valence-electron chi connectivity index (χ0n) is 14.5. The van der Waals surface area contributed by atoms with Crippen molar-refractivity contribution < 1.29 is 14.3 Å². The van der Waals surface area contributed by atoms with Crippen LogP contribution >= 0.6 is 12.4 Å². The fraction of sp³-hybridized carbons (Fsp3) is 0.556. The molecule has 0 aromatic heterocycles. The third-order valence-electron chi connectivity index (χ3n) is 4.90. The number of piperidine rings is 1. The molecule has 2 aliphatic rings. The SMILES string of the molecule is COc1ccc(NC(=O)C2CCC(N)C2)cc1N1CCCCC1=O.Cl. The van der Waals surface area contributed by atoms with Crippen molar-refractivity contribution in [2.24, 2.45) is 11.7 Å². The second-order valence-corrected chi connectivity index (χ2v) is 6.65. The summed E-state index contributed by atoms with van der Waals surface area (Å²) in [7, 11) is 1.59. The van der Waals surface area contributed by atoms with Crippen LogP contribution in [0.4, 0.5) is 11.4 Å². The summed E-state index contributed by atoms with van der Waals surface area (Å²) in [5.41, 5.74) is 7.31. The fourth-order valence-corrected chi connectivity index (χ4v) is 3.54. The van der Waals surface area contributed by atoms with Crippen LogP contribution in [0.1, 0.15) is 38.5 Å². The van der Waals surface area contributed by atoms with Crippen LogP contribution < -0.4 is 20.7 Å². The van der Waals surface area contributed by atoms with E-state index < -0.39 is 0 Å². The van der Waals surface area contributed by atoms with Crippen molar-refractivity contribution in [1.82, 2.24) is 0 Å². The molecule has 7 heteroatoms. The van der Waals surface area contributed by atoms with E-state index in [-0.39, 0.29) is 36.2 Å². The molecule has 2 amide bonds. The van der Waals surface area contributed by atoms with Gasteiger partial charge in [-0.1, -0.05) is 0 Å². The molecule has 2 fully saturated rings. The monoisotopic (exact) mass is 367 g/mol. The number of nitrogens with two attached hydrogens (primary N) is 1.